The maximum Gasteiger partial charge on any atom is 0.0468 e. The highest BCUT2D eigenvalue weighted by Crippen LogP contribution is 2.44. The molecule has 0 aliphatic carbocycles. The van der Waals surface area contributed by atoms with Gasteiger partial charge in [0.05, 0.1) is 0 Å². The van der Waals surface area contributed by atoms with Crippen molar-refractivity contribution >= 4 is 102 Å². The van der Waals surface area contributed by atoms with E-state index >= 15 is 0 Å². The minimum atomic E-state index is 1.12. The highest BCUT2D eigenvalue weighted by molar-refractivity contribution is 7.26. The van der Waals surface area contributed by atoms with E-state index in [-0.39, 0.29) is 0 Å². The second kappa shape index (κ2) is 12.2. The molecule has 0 fully saturated rings. The Morgan fingerprint density at radius 3 is 1.28 bits per heavy atom. The van der Waals surface area contributed by atoms with Gasteiger partial charge in [-0.2, -0.15) is 0 Å². The van der Waals surface area contributed by atoms with Gasteiger partial charge >= 0.3 is 0 Å². The van der Waals surface area contributed by atoms with Gasteiger partial charge < -0.3 is 4.90 Å². The quantitative estimate of drug-likeness (QED) is 0.161. The number of nitrogens with zero attached hydrogens (tertiary/aromatic N) is 1. The summed E-state index contributed by atoms with van der Waals surface area (Å²) < 4.78 is 5.33. The first-order chi connectivity index (χ1) is 26.2. The van der Waals surface area contributed by atoms with Crippen molar-refractivity contribution in [2.45, 2.75) is 0 Å². The predicted octanol–water partition coefficient (Wildman–Crippen LogP) is 15.5. The number of rotatable bonds is 5. The fraction of sp³-hybridized carbons (Fsp3) is 0. The lowest BCUT2D eigenvalue weighted by atomic mass is 10.0. The summed E-state index contributed by atoms with van der Waals surface area (Å²) in [6.45, 7) is 0. The van der Waals surface area contributed by atoms with Gasteiger partial charge in [-0.1, -0.05) is 127 Å². The van der Waals surface area contributed by atoms with Crippen LogP contribution in [0.2, 0.25) is 0 Å². The molecular weight excluding hydrogens is 679 g/mol. The molecule has 0 radical (unpaired) electrons. The Bertz CT molecular complexity index is 3010. The summed E-state index contributed by atoms with van der Waals surface area (Å²) in [6.07, 6.45) is 0. The van der Waals surface area contributed by atoms with E-state index in [1.54, 1.807) is 0 Å². The lowest BCUT2D eigenvalue weighted by Gasteiger charge is -2.26. The molecule has 11 aromatic rings. The summed E-state index contributed by atoms with van der Waals surface area (Å²) in [6, 6.07) is 69.2. The van der Waals surface area contributed by atoms with Crippen LogP contribution in [0.4, 0.5) is 17.1 Å². The Labute approximate surface area is 315 Å². The maximum absolute atomic E-state index is 2.39. The molecule has 0 unspecified atom stereocenters. The van der Waals surface area contributed by atoms with E-state index in [0.29, 0.717) is 0 Å². The molecule has 0 spiro atoms. The monoisotopic (exact) mass is 709 g/mol. The minimum Gasteiger partial charge on any atom is -0.310 e. The molecule has 0 N–H and O–H groups in total. The van der Waals surface area contributed by atoms with Crippen molar-refractivity contribution < 1.29 is 0 Å². The average molecular weight is 710 g/mol. The van der Waals surface area contributed by atoms with Crippen molar-refractivity contribution in [3.8, 4) is 22.3 Å². The molecule has 9 aromatic carbocycles. The predicted molar refractivity (Wildman–Crippen MR) is 233 cm³/mol. The van der Waals surface area contributed by atoms with Gasteiger partial charge in [0.25, 0.3) is 0 Å². The summed E-state index contributed by atoms with van der Waals surface area (Å²) in [7, 11) is 0. The number of anilines is 3. The van der Waals surface area contributed by atoms with Crippen LogP contribution >= 0.6 is 22.7 Å². The lowest BCUT2D eigenvalue weighted by Crippen LogP contribution is -2.09. The second-order valence-electron chi connectivity index (χ2n) is 13.7. The fourth-order valence-electron chi connectivity index (χ4n) is 8.04. The highest BCUT2D eigenvalue weighted by Gasteiger charge is 2.17. The smallest absolute Gasteiger partial charge is 0.0468 e. The summed E-state index contributed by atoms with van der Waals surface area (Å²) in [5, 5.41) is 10.3. The van der Waals surface area contributed by atoms with E-state index in [0.717, 1.165) is 17.1 Å². The van der Waals surface area contributed by atoms with Gasteiger partial charge in [0.15, 0.2) is 0 Å². The van der Waals surface area contributed by atoms with Crippen molar-refractivity contribution in [3.05, 3.63) is 188 Å². The molecule has 2 heterocycles. The van der Waals surface area contributed by atoms with Crippen LogP contribution in [-0.4, -0.2) is 0 Å². The van der Waals surface area contributed by atoms with Gasteiger partial charge in [0.2, 0.25) is 0 Å². The van der Waals surface area contributed by atoms with E-state index in [1.165, 1.54) is 84.1 Å². The standard InChI is InChI=1S/C50H31NS2/c1-2-10-35-30-37-31-40(28-23-36(37)29-34(35)9-1)51(38-24-19-32(20-25-38)41-13-7-15-45-43-11-3-5-17-47(43)52-49(41)45)39-26-21-33(22-27-39)42-14-8-16-46-44-12-4-6-18-48(44)53-50(42)46/h1-31H. The molecule has 0 saturated carbocycles. The summed E-state index contributed by atoms with van der Waals surface area (Å²) in [5.41, 5.74) is 8.38. The van der Waals surface area contributed by atoms with Gasteiger partial charge in [0.1, 0.15) is 0 Å². The van der Waals surface area contributed by atoms with Crippen LogP contribution in [0.1, 0.15) is 0 Å². The molecule has 0 aliphatic rings. The van der Waals surface area contributed by atoms with Crippen LogP contribution in [-0.2, 0) is 0 Å². The van der Waals surface area contributed by atoms with E-state index in [9.17, 15) is 0 Å². The maximum atomic E-state index is 2.39. The Balaban J connectivity index is 1.04. The van der Waals surface area contributed by atoms with E-state index in [1.807, 2.05) is 22.7 Å². The Morgan fingerprint density at radius 1 is 0.302 bits per heavy atom. The molecule has 53 heavy (non-hydrogen) atoms. The molecule has 0 aliphatic heterocycles. The van der Waals surface area contributed by atoms with Crippen molar-refractivity contribution in [2.75, 3.05) is 4.90 Å². The van der Waals surface area contributed by atoms with Crippen LogP contribution in [0.15, 0.2) is 188 Å². The lowest BCUT2D eigenvalue weighted by molar-refractivity contribution is 1.29. The zero-order chi connectivity index (χ0) is 34.9. The number of thiophene rings is 2. The number of hydrogen-bond donors (Lipinski definition) is 0. The van der Waals surface area contributed by atoms with Gasteiger partial charge in [0, 0.05) is 57.4 Å². The van der Waals surface area contributed by atoms with Crippen LogP contribution < -0.4 is 4.90 Å². The Hall–Kier alpha value is -6.26. The molecule has 0 bridgehead atoms. The second-order valence-corrected chi connectivity index (χ2v) is 15.8. The van der Waals surface area contributed by atoms with Crippen molar-refractivity contribution in [2.24, 2.45) is 0 Å². The SMILES string of the molecule is c1ccc2cc3cc(N(c4ccc(-c5cccc6c5sc5ccccc56)cc4)c4ccc(-c5cccc6c5sc5ccccc56)cc4)ccc3cc2c1. The van der Waals surface area contributed by atoms with Gasteiger partial charge in [-0.15, -0.1) is 22.7 Å². The van der Waals surface area contributed by atoms with Gasteiger partial charge in [-0.25, -0.2) is 0 Å². The van der Waals surface area contributed by atoms with E-state index in [2.05, 4.69) is 193 Å². The van der Waals surface area contributed by atoms with E-state index < -0.39 is 0 Å². The number of fused-ring (bicyclic) bond motifs is 8. The third-order valence-corrected chi connectivity index (χ3v) is 13.1. The molecule has 0 atom stereocenters. The zero-order valence-corrected chi connectivity index (χ0v) is 30.3. The Kier molecular flexibility index (Phi) is 6.97. The van der Waals surface area contributed by atoms with Crippen molar-refractivity contribution in [3.63, 3.8) is 0 Å². The topological polar surface area (TPSA) is 3.24 Å². The average Bonchev–Trinajstić information content (AvgIpc) is 3.80. The first-order valence-electron chi connectivity index (χ1n) is 18.0. The third kappa shape index (κ3) is 5.04. The molecule has 1 nitrogen and oxygen atoms in total. The highest BCUT2D eigenvalue weighted by atomic mass is 32.1. The molecule has 248 valence electrons. The summed E-state index contributed by atoms with van der Waals surface area (Å²) >= 11 is 3.76. The molecule has 3 heteroatoms. The molecular formula is C50H31NS2. The van der Waals surface area contributed by atoms with Crippen molar-refractivity contribution in [1.82, 2.24) is 0 Å². The number of benzene rings is 9. The first-order valence-corrected chi connectivity index (χ1v) is 19.6. The van der Waals surface area contributed by atoms with Crippen molar-refractivity contribution in [1.29, 1.82) is 0 Å². The van der Waals surface area contributed by atoms with Gasteiger partial charge in [-0.3, -0.25) is 0 Å². The van der Waals surface area contributed by atoms with Gasteiger partial charge in [-0.05, 0) is 104 Å². The first kappa shape index (κ1) is 30.4. The molecule has 2 aromatic heterocycles. The number of hydrogen-bond acceptors (Lipinski definition) is 3. The van der Waals surface area contributed by atoms with Crippen LogP contribution in [0.25, 0.3) is 84.1 Å². The largest absolute Gasteiger partial charge is 0.310 e. The van der Waals surface area contributed by atoms with Crippen LogP contribution in [0.3, 0.4) is 0 Å². The van der Waals surface area contributed by atoms with E-state index in [4.69, 9.17) is 0 Å². The zero-order valence-electron chi connectivity index (χ0n) is 28.7. The molecule has 11 rings (SSSR count). The third-order valence-electron chi connectivity index (χ3n) is 10.6. The normalized spacial score (nSPS) is 11.8. The Morgan fingerprint density at radius 2 is 0.736 bits per heavy atom. The molecule has 0 amide bonds. The summed E-state index contributed by atoms with van der Waals surface area (Å²) in [5.74, 6) is 0. The minimum absolute atomic E-state index is 1.12. The summed E-state index contributed by atoms with van der Waals surface area (Å²) in [4.78, 5) is 2.39. The van der Waals surface area contributed by atoms with Crippen LogP contribution in [0.5, 0.6) is 0 Å². The fourth-order valence-corrected chi connectivity index (χ4v) is 10.5. The van der Waals surface area contributed by atoms with Crippen LogP contribution in [0, 0.1) is 0 Å². The molecule has 0 saturated heterocycles.